The van der Waals surface area contributed by atoms with E-state index in [1.165, 1.54) is 16.3 Å². The normalized spacial score (nSPS) is 13.2. The molecule has 0 saturated carbocycles. The maximum atomic E-state index is 6.34. The number of nitrogens with two attached hydrogens (primary N) is 1. The molecule has 0 saturated heterocycles. The maximum absolute atomic E-state index is 6.34. The summed E-state index contributed by atoms with van der Waals surface area (Å²) in [5.41, 5.74) is 7.67. The Morgan fingerprint density at radius 3 is 2.18 bits per heavy atom. The summed E-state index contributed by atoms with van der Waals surface area (Å²) in [7, 11) is 0. The van der Waals surface area contributed by atoms with Crippen molar-refractivity contribution < 1.29 is 0 Å². The molecule has 2 aromatic carbocycles. The first-order valence-corrected chi connectivity index (χ1v) is 5.73. The molecule has 0 bridgehead atoms. The quantitative estimate of drug-likeness (QED) is 0.801. The van der Waals surface area contributed by atoms with Crippen molar-refractivity contribution in [1.82, 2.24) is 0 Å². The van der Waals surface area contributed by atoms with Gasteiger partial charge in [0.15, 0.2) is 0 Å². The zero-order valence-corrected chi connectivity index (χ0v) is 11.4. The second kappa shape index (κ2) is 5.07. The average molecular weight is 250 g/mol. The van der Waals surface area contributed by atoms with Gasteiger partial charge in [-0.2, -0.15) is 0 Å². The van der Waals surface area contributed by atoms with E-state index in [9.17, 15) is 0 Å². The summed E-state index contributed by atoms with van der Waals surface area (Å²) in [6.07, 6.45) is 0. The molecule has 2 rings (SSSR count). The molecule has 0 aromatic heterocycles. The lowest BCUT2D eigenvalue weighted by molar-refractivity contribution is 0.328. The summed E-state index contributed by atoms with van der Waals surface area (Å²) in [5.74, 6) is 0. The first-order valence-electron chi connectivity index (χ1n) is 5.73. The Morgan fingerprint density at radius 1 is 0.941 bits per heavy atom. The third kappa shape index (κ3) is 2.80. The lowest BCUT2D eigenvalue weighted by Gasteiger charge is -2.28. The Hall–Kier alpha value is -1.05. The monoisotopic (exact) mass is 249 g/mol. The summed E-state index contributed by atoms with van der Waals surface area (Å²) >= 11 is 0. The minimum Gasteiger partial charge on any atom is -0.323 e. The SMILES string of the molecule is CC(C)(C)[C@@H](N)c1cccc2ccccc12.Cl. The highest BCUT2D eigenvalue weighted by atomic mass is 35.5. The van der Waals surface area contributed by atoms with Crippen LogP contribution in [0.15, 0.2) is 42.5 Å². The first-order chi connectivity index (χ1) is 7.50. The summed E-state index contributed by atoms with van der Waals surface area (Å²) in [6, 6.07) is 14.8. The second-order valence-electron chi connectivity index (χ2n) is 5.41. The van der Waals surface area contributed by atoms with Gasteiger partial charge in [-0.15, -0.1) is 12.4 Å². The van der Waals surface area contributed by atoms with Crippen LogP contribution in [0.2, 0.25) is 0 Å². The number of rotatable bonds is 1. The zero-order chi connectivity index (χ0) is 11.8. The van der Waals surface area contributed by atoms with Crippen LogP contribution in [0.5, 0.6) is 0 Å². The smallest absolute Gasteiger partial charge is 0.0350 e. The van der Waals surface area contributed by atoms with Gasteiger partial charge in [0.2, 0.25) is 0 Å². The van der Waals surface area contributed by atoms with Crippen LogP contribution in [0.1, 0.15) is 32.4 Å². The van der Waals surface area contributed by atoms with E-state index in [1.54, 1.807) is 0 Å². The molecule has 1 atom stereocenters. The van der Waals surface area contributed by atoms with Crippen LogP contribution in [0.4, 0.5) is 0 Å². The lowest BCUT2D eigenvalue weighted by atomic mass is 9.81. The fourth-order valence-electron chi connectivity index (χ4n) is 1.99. The summed E-state index contributed by atoms with van der Waals surface area (Å²) < 4.78 is 0. The van der Waals surface area contributed by atoms with Crippen LogP contribution < -0.4 is 5.73 Å². The van der Waals surface area contributed by atoms with E-state index in [2.05, 4.69) is 63.2 Å². The van der Waals surface area contributed by atoms with Crippen molar-refractivity contribution in [1.29, 1.82) is 0 Å². The number of fused-ring (bicyclic) bond motifs is 1. The number of benzene rings is 2. The van der Waals surface area contributed by atoms with Gasteiger partial charge in [0.05, 0.1) is 0 Å². The first kappa shape index (κ1) is 14.0. The van der Waals surface area contributed by atoms with Crippen molar-refractivity contribution >= 4 is 23.2 Å². The molecule has 17 heavy (non-hydrogen) atoms. The van der Waals surface area contributed by atoms with E-state index in [-0.39, 0.29) is 23.9 Å². The van der Waals surface area contributed by atoms with Gasteiger partial charge >= 0.3 is 0 Å². The zero-order valence-electron chi connectivity index (χ0n) is 10.6. The van der Waals surface area contributed by atoms with E-state index in [1.807, 2.05) is 0 Å². The number of hydrogen-bond donors (Lipinski definition) is 1. The van der Waals surface area contributed by atoms with E-state index in [4.69, 9.17) is 5.73 Å². The predicted octanol–water partition coefficient (Wildman–Crippen LogP) is 4.31. The Kier molecular flexibility index (Phi) is 4.18. The number of halogens is 1. The molecule has 92 valence electrons. The second-order valence-corrected chi connectivity index (χ2v) is 5.41. The van der Waals surface area contributed by atoms with Crippen LogP contribution in [-0.4, -0.2) is 0 Å². The molecule has 2 heteroatoms. The van der Waals surface area contributed by atoms with Crippen LogP contribution in [0.25, 0.3) is 10.8 Å². The van der Waals surface area contributed by atoms with Gasteiger partial charge in [-0.25, -0.2) is 0 Å². The highest BCUT2D eigenvalue weighted by Gasteiger charge is 2.23. The van der Waals surface area contributed by atoms with Crippen LogP contribution in [0.3, 0.4) is 0 Å². The van der Waals surface area contributed by atoms with Crippen molar-refractivity contribution in [2.75, 3.05) is 0 Å². The molecule has 1 nitrogen and oxygen atoms in total. The highest BCUT2D eigenvalue weighted by Crippen LogP contribution is 2.34. The standard InChI is InChI=1S/C15H19N.ClH/c1-15(2,3)14(16)13-10-6-8-11-7-4-5-9-12(11)13;/h4-10,14H,16H2,1-3H3;1H/t14-;/m0./s1. The van der Waals surface area contributed by atoms with Crippen molar-refractivity contribution in [3.8, 4) is 0 Å². The molecule has 2 aromatic rings. The van der Waals surface area contributed by atoms with Gasteiger partial charge in [0.25, 0.3) is 0 Å². The fourth-order valence-corrected chi connectivity index (χ4v) is 1.99. The molecule has 0 radical (unpaired) electrons. The van der Waals surface area contributed by atoms with Gasteiger partial charge in [0, 0.05) is 6.04 Å². The molecule has 0 unspecified atom stereocenters. The average Bonchev–Trinajstić information content (AvgIpc) is 2.26. The molecule has 0 fully saturated rings. The predicted molar refractivity (Wildman–Crippen MR) is 77.6 cm³/mol. The van der Waals surface area contributed by atoms with Gasteiger partial charge in [-0.1, -0.05) is 63.2 Å². The van der Waals surface area contributed by atoms with Crippen LogP contribution in [-0.2, 0) is 0 Å². The van der Waals surface area contributed by atoms with Gasteiger partial charge in [0.1, 0.15) is 0 Å². The third-order valence-corrected chi connectivity index (χ3v) is 3.09. The Bertz CT molecular complexity index is 494. The summed E-state index contributed by atoms with van der Waals surface area (Å²) in [4.78, 5) is 0. The molecular formula is C15H20ClN. The molecule has 0 aliphatic carbocycles. The molecule has 2 N–H and O–H groups in total. The van der Waals surface area contributed by atoms with Gasteiger partial charge in [-0.05, 0) is 21.8 Å². The molecule has 0 heterocycles. The lowest BCUT2D eigenvalue weighted by Crippen LogP contribution is -2.26. The Morgan fingerprint density at radius 2 is 1.53 bits per heavy atom. The summed E-state index contributed by atoms with van der Waals surface area (Å²) in [5, 5.41) is 2.53. The van der Waals surface area contributed by atoms with Crippen LogP contribution in [0, 0.1) is 5.41 Å². The van der Waals surface area contributed by atoms with E-state index >= 15 is 0 Å². The Labute approximate surface area is 109 Å². The van der Waals surface area contributed by atoms with E-state index in [0.717, 1.165) is 0 Å². The fraction of sp³-hybridized carbons (Fsp3) is 0.333. The minimum absolute atomic E-state index is 0. The maximum Gasteiger partial charge on any atom is 0.0350 e. The molecule has 0 amide bonds. The third-order valence-electron chi connectivity index (χ3n) is 3.09. The van der Waals surface area contributed by atoms with Crippen molar-refractivity contribution in [3.63, 3.8) is 0 Å². The largest absolute Gasteiger partial charge is 0.323 e. The van der Waals surface area contributed by atoms with Gasteiger partial charge in [-0.3, -0.25) is 0 Å². The van der Waals surface area contributed by atoms with Crippen molar-refractivity contribution in [3.05, 3.63) is 48.0 Å². The van der Waals surface area contributed by atoms with Crippen LogP contribution >= 0.6 is 12.4 Å². The van der Waals surface area contributed by atoms with E-state index < -0.39 is 0 Å². The Balaban J connectivity index is 0.00000144. The van der Waals surface area contributed by atoms with Gasteiger partial charge < -0.3 is 5.73 Å². The molecule has 0 aliphatic heterocycles. The summed E-state index contributed by atoms with van der Waals surface area (Å²) in [6.45, 7) is 6.54. The van der Waals surface area contributed by atoms with Crippen molar-refractivity contribution in [2.24, 2.45) is 11.1 Å². The van der Waals surface area contributed by atoms with Crippen molar-refractivity contribution in [2.45, 2.75) is 26.8 Å². The van der Waals surface area contributed by atoms with E-state index in [0.29, 0.717) is 0 Å². The highest BCUT2D eigenvalue weighted by molar-refractivity contribution is 5.86. The molecule has 0 spiro atoms. The molecule has 0 aliphatic rings. The topological polar surface area (TPSA) is 26.0 Å². The minimum atomic E-state index is 0. The molecular weight excluding hydrogens is 230 g/mol. The number of hydrogen-bond acceptors (Lipinski definition) is 1.